The van der Waals surface area contributed by atoms with Gasteiger partial charge in [-0.3, -0.25) is 4.79 Å². The first-order chi connectivity index (χ1) is 17.0. The number of amides is 1. The maximum atomic E-state index is 12.9. The van der Waals surface area contributed by atoms with Gasteiger partial charge in [0.25, 0.3) is 0 Å². The van der Waals surface area contributed by atoms with E-state index in [0.29, 0.717) is 23.8 Å². The third-order valence-electron chi connectivity index (χ3n) is 5.87. The van der Waals surface area contributed by atoms with Gasteiger partial charge in [-0.25, -0.2) is 0 Å². The van der Waals surface area contributed by atoms with E-state index in [1.807, 2.05) is 63.2 Å². The van der Waals surface area contributed by atoms with Crippen LogP contribution in [0.1, 0.15) is 25.0 Å². The SMILES string of the molecule is CCOc1c(/C(C)=C/C(=O)Nc2ccccc2OC)cc2c(-c3ccc(OC)cc3)coc2c1C. The largest absolute Gasteiger partial charge is 0.497 e. The summed E-state index contributed by atoms with van der Waals surface area (Å²) in [6.07, 6.45) is 3.33. The zero-order valence-corrected chi connectivity index (χ0v) is 20.6. The highest BCUT2D eigenvalue weighted by molar-refractivity contribution is 6.06. The fourth-order valence-electron chi connectivity index (χ4n) is 4.12. The van der Waals surface area contributed by atoms with Crippen molar-refractivity contribution in [3.8, 4) is 28.4 Å². The first-order valence-corrected chi connectivity index (χ1v) is 11.4. The lowest BCUT2D eigenvalue weighted by atomic mass is 9.96. The molecule has 180 valence electrons. The summed E-state index contributed by atoms with van der Waals surface area (Å²) in [5.74, 6) is 1.84. The first kappa shape index (κ1) is 24.0. The average molecular weight is 472 g/mol. The molecule has 0 aliphatic heterocycles. The number of para-hydroxylation sites is 2. The Morgan fingerprint density at radius 2 is 1.80 bits per heavy atom. The number of nitrogens with one attached hydrogen (secondary N) is 1. The van der Waals surface area contributed by atoms with Crippen molar-refractivity contribution in [2.75, 3.05) is 26.1 Å². The number of hydrogen-bond donors (Lipinski definition) is 1. The van der Waals surface area contributed by atoms with Crippen molar-refractivity contribution in [3.05, 3.63) is 78.1 Å². The lowest BCUT2D eigenvalue weighted by molar-refractivity contribution is -0.111. The second-order valence-corrected chi connectivity index (χ2v) is 8.08. The Kier molecular flexibility index (Phi) is 7.11. The number of furan rings is 1. The predicted molar refractivity (Wildman–Crippen MR) is 139 cm³/mol. The highest BCUT2D eigenvalue weighted by atomic mass is 16.5. The Labute approximate surface area is 205 Å². The van der Waals surface area contributed by atoms with E-state index in [1.165, 1.54) is 0 Å². The molecule has 4 aromatic rings. The monoisotopic (exact) mass is 471 g/mol. The lowest BCUT2D eigenvalue weighted by Crippen LogP contribution is -2.10. The van der Waals surface area contributed by atoms with Gasteiger partial charge in [0, 0.05) is 28.2 Å². The Bertz CT molecular complexity index is 1380. The lowest BCUT2D eigenvalue weighted by Gasteiger charge is -2.15. The number of benzene rings is 3. The molecule has 0 aliphatic carbocycles. The summed E-state index contributed by atoms with van der Waals surface area (Å²) in [5.41, 5.74) is 5.83. The number of methoxy groups -OCH3 is 2. The molecule has 0 spiro atoms. The third kappa shape index (κ3) is 4.87. The maximum absolute atomic E-state index is 12.9. The molecule has 0 aliphatic rings. The topological polar surface area (TPSA) is 69.9 Å². The van der Waals surface area contributed by atoms with E-state index in [4.69, 9.17) is 18.6 Å². The van der Waals surface area contributed by atoms with E-state index in [2.05, 4.69) is 5.32 Å². The molecule has 6 nitrogen and oxygen atoms in total. The van der Waals surface area contributed by atoms with Crippen molar-refractivity contribution < 1.29 is 23.4 Å². The molecule has 1 aromatic heterocycles. The van der Waals surface area contributed by atoms with Crippen LogP contribution in [0, 0.1) is 6.92 Å². The van der Waals surface area contributed by atoms with E-state index in [1.54, 1.807) is 38.7 Å². The van der Waals surface area contributed by atoms with Crippen LogP contribution in [-0.4, -0.2) is 26.7 Å². The fourth-order valence-corrected chi connectivity index (χ4v) is 4.12. The number of aryl methyl sites for hydroxylation is 1. The molecule has 0 atom stereocenters. The Balaban J connectivity index is 1.77. The van der Waals surface area contributed by atoms with Crippen LogP contribution in [0.15, 0.2) is 71.4 Å². The van der Waals surface area contributed by atoms with E-state index < -0.39 is 0 Å². The highest BCUT2D eigenvalue weighted by Gasteiger charge is 2.19. The van der Waals surface area contributed by atoms with Crippen LogP contribution < -0.4 is 19.5 Å². The van der Waals surface area contributed by atoms with E-state index in [-0.39, 0.29) is 5.91 Å². The number of carbonyl (C=O) groups is 1. The van der Waals surface area contributed by atoms with Gasteiger partial charge in [0.1, 0.15) is 22.8 Å². The van der Waals surface area contributed by atoms with Crippen LogP contribution in [0.5, 0.6) is 17.2 Å². The van der Waals surface area contributed by atoms with E-state index in [9.17, 15) is 4.79 Å². The summed E-state index contributed by atoms with van der Waals surface area (Å²) in [7, 11) is 3.22. The van der Waals surface area contributed by atoms with Crippen LogP contribution in [0.4, 0.5) is 5.69 Å². The molecule has 0 saturated carbocycles. The molecule has 35 heavy (non-hydrogen) atoms. The van der Waals surface area contributed by atoms with Gasteiger partial charge in [-0.2, -0.15) is 0 Å². The number of rotatable bonds is 8. The van der Waals surface area contributed by atoms with Crippen molar-refractivity contribution in [1.29, 1.82) is 0 Å². The van der Waals surface area contributed by atoms with Gasteiger partial charge in [0.2, 0.25) is 5.91 Å². The van der Waals surface area contributed by atoms with Crippen LogP contribution in [0.2, 0.25) is 0 Å². The quantitative estimate of drug-likeness (QED) is 0.284. The van der Waals surface area contributed by atoms with Crippen molar-refractivity contribution >= 4 is 28.1 Å². The summed E-state index contributed by atoms with van der Waals surface area (Å²) in [5, 5.41) is 3.85. The maximum Gasteiger partial charge on any atom is 0.248 e. The van der Waals surface area contributed by atoms with Crippen LogP contribution >= 0.6 is 0 Å². The van der Waals surface area contributed by atoms with Crippen LogP contribution in [-0.2, 0) is 4.79 Å². The van der Waals surface area contributed by atoms with E-state index >= 15 is 0 Å². The average Bonchev–Trinajstić information content (AvgIpc) is 3.30. The number of hydrogen-bond acceptors (Lipinski definition) is 5. The Morgan fingerprint density at radius 1 is 1.06 bits per heavy atom. The summed E-state index contributed by atoms with van der Waals surface area (Å²) in [4.78, 5) is 12.9. The molecule has 6 heteroatoms. The normalized spacial score (nSPS) is 11.4. The molecular formula is C29H29NO5. The van der Waals surface area contributed by atoms with Gasteiger partial charge in [-0.05, 0) is 62.2 Å². The molecule has 0 fully saturated rings. The molecule has 1 heterocycles. The molecule has 1 amide bonds. The highest BCUT2D eigenvalue weighted by Crippen LogP contribution is 2.41. The van der Waals surface area contributed by atoms with Gasteiger partial charge in [0.05, 0.1) is 32.8 Å². The molecule has 0 radical (unpaired) electrons. The van der Waals surface area contributed by atoms with Gasteiger partial charge < -0.3 is 23.9 Å². The number of fused-ring (bicyclic) bond motifs is 1. The minimum Gasteiger partial charge on any atom is -0.497 e. The molecule has 0 unspecified atom stereocenters. The number of anilines is 1. The second kappa shape index (κ2) is 10.4. The minimum atomic E-state index is -0.255. The predicted octanol–water partition coefficient (Wildman–Crippen LogP) is 6.87. The minimum absolute atomic E-state index is 0.255. The van der Waals surface area contributed by atoms with Crippen molar-refractivity contribution in [2.45, 2.75) is 20.8 Å². The van der Waals surface area contributed by atoms with Crippen molar-refractivity contribution in [3.63, 3.8) is 0 Å². The first-order valence-electron chi connectivity index (χ1n) is 11.4. The van der Waals surface area contributed by atoms with Gasteiger partial charge in [-0.15, -0.1) is 0 Å². The molecule has 0 bridgehead atoms. The Morgan fingerprint density at radius 3 is 2.49 bits per heavy atom. The number of allylic oxidation sites excluding steroid dienone is 1. The van der Waals surface area contributed by atoms with Gasteiger partial charge in [-0.1, -0.05) is 24.3 Å². The van der Waals surface area contributed by atoms with Crippen LogP contribution in [0.25, 0.3) is 27.7 Å². The summed E-state index contributed by atoms with van der Waals surface area (Å²) in [6.45, 7) is 6.30. The van der Waals surface area contributed by atoms with Crippen molar-refractivity contribution in [1.82, 2.24) is 0 Å². The van der Waals surface area contributed by atoms with Gasteiger partial charge >= 0.3 is 0 Å². The number of carbonyl (C=O) groups excluding carboxylic acids is 1. The fraction of sp³-hybridized carbons (Fsp3) is 0.207. The molecule has 3 aromatic carbocycles. The zero-order valence-electron chi connectivity index (χ0n) is 20.6. The molecular weight excluding hydrogens is 442 g/mol. The third-order valence-corrected chi connectivity index (χ3v) is 5.87. The van der Waals surface area contributed by atoms with Gasteiger partial charge in [0.15, 0.2) is 0 Å². The molecule has 0 saturated heterocycles. The van der Waals surface area contributed by atoms with Crippen molar-refractivity contribution in [2.24, 2.45) is 0 Å². The summed E-state index contributed by atoms with van der Waals surface area (Å²) >= 11 is 0. The van der Waals surface area contributed by atoms with Crippen LogP contribution in [0.3, 0.4) is 0 Å². The standard InChI is InChI=1S/C29H29NO5/c1-6-34-28-19(3)29-23(24(17-35-29)20-11-13-21(32-4)14-12-20)16-22(28)18(2)15-27(31)30-25-9-7-8-10-26(25)33-5/h7-17H,6H2,1-5H3,(H,30,31)/b18-15+. The van der Waals surface area contributed by atoms with E-state index in [0.717, 1.165) is 44.5 Å². The Hall–Kier alpha value is -4.19. The second-order valence-electron chi connectivity index (χ2n) is 8.08. The summed E-state index contributed by atoms with van der Waals surface area (Å²) in [6, 6.07) is 17.2. The summed E-state index contributed by atoms with van der Waals surface area (Å²) < 4.78 is 22.6. The molecule has 1 N–H and O–H groups in total. The number of ether oxygens (including phenoxy) is 3. The molecule has 4 rings (SSSR count). The smallest absolute Gasteiger partial charge is 0.248 e. The zero-order chi connectivity index (χ0) is 24.9.